The molecule has 2 bridgehead atoms. The minimum Gasteiger partial charge on any atom is -0.322 e. The van der Waals surface area contributed by atoms with Crippen LogP contribution in [0.15, 0.2) is 60.7 Å². The number of benzene rings is 2. The van der Waals surface area contributed by atoms with Crippen molar-refractivity contribution in [1.82, 2.24) is 9.80 Å². The lowest BCUT2D eigenvalue weighted by Crippen LogP contribution is -2.71. The standard InChI is InChI=1S/C25H30N2O2/c1-18(20-12-6-4-7-13-20)26-22-16-10-11-17-25(3,24(26)29)27(23(22)28)19(2)21-14-8-5-9-15-21/h4-9,12-15,18-19,22H,10-11,16-17H2,1-3H3/t18-,19-,22-,25-/m0/s1. The Bertz CT molecular complexity index is 882. The molecule has 4 nitrogen and oxygen atoms in total. The van der Waals surface area contributed by atoms with E-state index >= 15 is 0 Å². The van der Waals surface area contributed by atoms with Gasteiger partial charge in [-0.15, -0.1) is 0 Å². The largest absolute Gasteiger partial charge is 0.322 e. The molecule has 0 spiro atoms. The quantitative estimate of drug-likeness (QED) is 0.746. The Balaban J connectivity index is 1.76. The van der Waals surface area contributed by atoms with Crippen LogP contribution in [0.4, 0.5) is 0 Å². The molecule has 5 rings (SSSR count). The van der Waals surface area contributed by atoms with Crippen molar-refractivity contribution in [3.63, 3.8) is 0 Å². The molecule has 0 saturated carbocycles. The summed E-state index contributed by atoms with van der Waals surface area (Å²) in [4.78, 5) is 31.5. The Morgan fingerprint density at radius 3 is 2.00 bits per heavy atom. The first kappa shape index (κ1) is 19.7. The van der Waals surface area contributed by atoms with E-state index in [0.29, 0.717) is 6.42 Å². The number of fused-ring (bicyclic) bond motifs is 5. The summed E-state index contributed by atoms with van der Waals surface area (Å²) in [7, 11) is 0. The second-order valence-electron chi connectivity index (χ2n) is 8.63. The normalized spacial score (nSPS) is 26.8. The fraction of sp³-hybridized carbons (Fsp3) is 0.440. The molecule has 3 fully saturated rings. The Labute approximate surface area is 173 Å². The molecule has 3 aliphatic heterocycles. The highest BCUT2D eigenvalue weighted by molar-refractivity contribution is 6.00. The summed E-state index contributed by atoms with van der Waals surface area (Å²) >= 11 is 0. The van der Waals surface area contributed by atoms with Gasteiger partial charge >= 0.3 is 0 Å². The summed E-state index contributed by atoms with van der Waals surface area (Å²) in [5.41, 5.74) is 1.33. The lowest BCUT2D eigenvalue weighted by molar-refractivity contribution is -0.179. The van der Waals surface area contributed by atoms with Crippen molar-refractivity contribution in [2.45, 2.75) is 70.1 Å². The Kier molecular flexibility index (Phi) is 5.20. The maximum absolute atomic E-state index is 13.9. The zero-order valence-electron chi connectivity index (χ0n) is 17.5. The highest BCUT2D eigenvalue weighted by Crippen LogP contribution is 2.43. The highest BCUT2D eigenvalue weighted by atomic mass is 16.2. The van der Waals surface area contributed by atoms with Gasteiger partial charge in [-0.1, -0.05) is 73.5 Å². The molecule has 4 heteroatoms. The van der Waals surface area contributed by atoms with Crippen molar-refractivity contribution in [1.29, 1.82) is 0 Å². The lowest BCUT2D eigenvalue weighted by atomic mass is 9.79. The van der Waals surface area contributed by atoms with Crippen molar-refractivity contribution >= 4 is 11.8 Å². The summed E-state index contributed by atoms with van der Waals surface area (Å²) in [5.74, 6) is 0.173. The number of carbonyl (C=O) groups is 2. The zero-order chi connectivity index (χ0) is 20.6. The van der Waals surface area contributed by atoms with Gasteiger partial charge in [0.25, 0.3) is 0 Å². The van der Waals surface area contributed by atoms with E-state index in [2.05, 4.69) is 0 Å². The molecule has 0 N–H and O–H groups in total. The van der Waals surface area contributed by atoms with E-state index in [1.54, 1.807) is 0 Å². The van der Waals surface area contributed by atoms with Gasteiger partial charge in [0.05, 0.1) is 12.1 Å². The SMILES string of the molecule is C[C@@H](c1ccccc1)N1C(=O)[C@]2(C)CCCC[C@H]1C(=O)N2[C@@H](C)c1ccccc1. The third-order valence-corrected chi connectivity index (χ3v) is 6.84. The lowest BCUT2D eigenvalue weighted by Gasteiger charge is -2.56. The number of hydrogen-bond acceptors (Lipinski definition) is 2. The number of nitrogens with zero attached hydrogens (tertiary/aromatic N) is 2. The predicted octanol–water partition coefficient (Wildman–Crippen LogP) is 4.88. The first-order valence-corrected chi connectivity index (χ1v) is 10.7. The molecule has 2 aromatic carbocycles. The van der Waals surface area contributed by atoms with Crippen LogP contribution in [0.5, 0.6) is 0 Å². The van der Waals surface area contributed by atoms with E-state index < -0.39 is 11.6 Å². The second-order valence-corrected chi connectivity index (χ2v) is 8.63. The van der Waals surface area contributed by atoms with Crippen LogP contribution < -0.4 is 0 Å². The molecule has 152 valence electrons. The minimum absolute atomic E-state index is 0.0842. The number of amides is 2. The van der Waals surface area contributed by atoms with Gasteiger partial charge in [-0.05, 0) is 44.7 Å². The molecule has 3 saturated heterocycles. The van der Waals surface area contributed by atoms with Crippen molar-refractivity contribution in [2.24, 2.45) is 0 Å². The van der Waals surface area contributed by atoms with Gasteiger partial charge in [-0.25, -0.2) is 0 Å². The third-order valence-electron chi connectivity index (χ3n) is 6.84. The summed E-state index contributed by atoms with van der Waals surface area (Å²) in [6.07, 6.45) is 3.39. The highest BCUT2D eigenvalue weighted by Gasteiger charge is 2.56. The van der Waals surface area contributed by atoms with Crippen LogP contribution >= 0.6 is 0 Å². The fourth-order valence-electron chi connectivity index (χ4n) is 5.18. The molecule has 29 heavy (non-hydrogen) atoms. The molecule has 2 aromatic rings. The second kappa shape index (κ2) is 7.66. The summed E-state index contributed by atoms with van der Waals surface area (Å²) in [6.45, 7) is 6.07. The predicted molar refractivity (Wildman–Crippen MR) is 114 cm³/mol. The average Bonchev–Trinajstić information content (AvgIpc) is 2.74. The van der Waals surface area contributed by atoms with E-state index in [0.717, 1.165) is 30.4 Å². The van der Waals surface area contributed by atoms with Gasteiger partial charge in [0, 0.05) is 0 Å². The van der Waals surface area contributed by atoms with E-state index in [4.69, 9.17) is 0 Å². The van der Waals surface area contributed by atoms with Crippen LogP contribution in [0.2, 0.25) is 0 Å². The van der Waals surface area contributed by atoms with Gasteiger partial charge in [-0.3, -0.25) is 9.59 Å². The van der Waals surface area contributed by atoms with Gasteiger partial charge in [-0.2, -0.15) is 0 Å². The van der Waals surface area contributed by atoms with E-state index in [-0.39, 0.29) is 23.9 Å². The molecule has 0 aromatic heterocycles. The number of hydrogen-bond donors (Lipinski definition) is 0. The van der Waals surface area contributed by atoms with E-state index in [9.17, 15) is 9.59 Å². The maximum atomic E-state index is 13.9. The molecular weight excluding hydrogens is 360 g/mol. The smallest absolute Gasteiger partial charge is 0.249 e. The van der Waals surface area contributed by atoms with Gasteiger partial charge in [0.1, 0.15) is 11.6 Å². The molecule has 0 unspecified atom stereocenters. The van der Waals surface area contributed by atoms with Crippen molar-refractivity contribution in [2.75, 3.05) is 0 Å². The fourth-order valence-corrected chi connectivity index (χ4v) is 5.18. The number of carbonyl (C=O) groups excluding carboxylic acids is 2. The van der Waals surface area contributed by atoms with Crippen molar-refractivity contribution in [3.05, 3.63) is 71.8 Å². The summed E-state index contributed by atoms with van der Waals surface area (Å²) in [5, 5.41) is 0. The van der Waals surface area contributed by atoms with E-state index in [1.807, 2.05) is 91.2 Å². The molecule has 3 aliphatic rings. The third kappa shape index (κ3) is 3.25. The van der Waals surface area contributed by atoms with Crippen molar-refractivity contribution < 1.29 is 9.59 Å². The van der Waals surface area contributed by atoms with Crippen LogP contribution in [0, 0.1) is 0 Å². The molecule has 0 aliphatic carbocycles. The molecule has 4 atom stereocenters. The first-order chi connectivity index (χ1) is 13.9. The molecular formula is C25H30N2O2. The maximum Gasteiger partial charge on any atom is 0.249 e. The molecule has 2 amide bonds. The van der Waals surface area contributed by atoms with Gasteiger partial charge in [0.15, 0.2) is 0 Å². The van der Waals surface area contributed by atoms with Crippen LogP contribution in [0.25, 0.3) is 0 Å². The minimum atomic E-state index is -0.813. The average molecular weight is 391 g/mol. The van der Waals surface area contributed by atoms with Crippen LogP contribution in [0.1, 0.15) is 69.7 Å². The molecule has 0 radical (unpaired) electrons. The van der Waals surface area contributed by atoms with Crippen molar-refractivity contribution in [3.8, 4) is 0 Å². The summed E-state index contributed by atoms with van der Waals surface area (Å²) < 4.78 is 0. The van der Waals surface area contributed by atoms with Crippen LogP contribution in [0.3, 0.4) is 0 Å². The monoisotopic (exact) mass is 390 g/mol. The first-order valence-electron chi connectivity index (χ1n) is 10.7. The summed E-state index contributed by atoms with van der Waals surface area (Å²) in [6, 6.07) is 19.5. The Hall–Kier alpha value is -2.62. The number of piperazine rings is 1. The Morgan fingerprint density at radius 1 is 0.862 bits per heavy atom. The zero-order valence-corrected chi connectivity index (χ0v) is 17.5. The van der Waals surface area contributed by atoms with Gasteiger partial charge < -0.3 is 9.80 Å². The topological polar surface area (TPSA) is 40.6 Å². The van der Waals surface area contributed by atoms with Crippen LogP contribution in [-0.2, 0) is 9.59 Å². The van der Waals surface area contributed by atoms with E-state index in [1.165, 1.54) is 0 Å². The number of rotatable bonds is 4. The van der Waals surface area contributed by atoms with Crippen LogP contribution in [-0.4, -0.2) is 33.2 Å². The van der Waals surface area contributed by atoms with Gasteiger partial charge in [0.2, 0.25) is 11.8 Å². The molecule has 3 heterocycles. The Morgan fingerprint density at radius 2 is 1.41 bits per heavy atom.